The van der Waals surface area contributed by atoms with Gasteiger partial charge in [-0.15, -0.1) is 11.8 Å². The van der Waals surface area contributed by atoms with Crippen molar-refractivity contribution >= 4 is 11.8 Å². The van der Waals surface area contributed by atoms with Crippen LogP contribution in [0, 0.1) is 0 Å². The standard InChI is InChI=1S/C20H26S/c1-2-3-6-11-19(18-12-7-4-8-13-18)16-17-21-20-14-9-5-10-15-20/h4-5,7-10,12-15,19H,2-3,6,11,16-17H2,1H3. The van der Waals surface area contributed by atoms with Crippen molar-refractivity contribution in [2.24, 2.45) is 0 Å². The molecular formula is C20H26S. The van der Waals surface area contributed by atoms with E-state index in [1.54, 1.807) is 0 Å². The molecule has 2 rings (SSSR count). The van der Waals surface area contributed by atoms with Gasteiger partial charge in [-0.1, -0.05) is 74.7 Å². The van der Waals surface area contributed by atoms with Crippen molar-refractivity contribution in [3.8, 4) is 0 Å². The van der Waals surface area contributed by atoms with Gasteiger partial charge in [0.15, 0.2) is 0 Å². The van der Waals surface area contributed by atoms with Gasteiger partial charge in [0.05, 0.1) is 0 Å². The van der Waals surface area contributed by atoms with Crippen molar-refractivity contribution in [3.63, 3.8) is 0 Å². The molecule has 2 aromatic rings. The molecule has 0 nitrogen and oxygen atoms in total. The first kappa shape index (κ1) is 16.2. The summed E-state index contributed by atoms with van der Waals surface area (Å²) in [6.45, 7) is 2.28. The molecule has 1 unspecified atom stereocenters. The van der Waals surface area contributed by atoms with E-state index >= 15 is 0 Å². The van der Waals surface area contributed by atoms with Crippen LogP contribution in [-0.4, -0.2) is 5.75 Å². The van der Waals surface area contributed by atoms with Crippen LogP contribution in [0.15, 0.2) is 65.6 Å². The normalized spacial score (nSPS) is 12.2. The van der Waals surface area contributed by atoms with Gasteiger partial charge in [-0.05, 0) is 42.2 Å². The van der Waals surface area contributed by atoms with Crippen LogP contribution in [0.25, 0.3) is 0 Å². The first-order valence-corrected chi connectivity index (χ1v) is 9.11. The summed E-state index contributed by atoms with van der Waals surface area (Å²) in [6.07, 6.45) is 6.61. The van der Waals surface area contributed by atoms with Gasteiger partial charge in [0.25, 0.3) is 0 Å². The Morgan fingerprint density at radius 3 is 2.14 bits per heavy atom. The molecular weight excluding hydrogens is 272 g/mol. The highest BCUT2D eigenvalue weighted by molar-refractivity contribution is 7.99. The predicted octanol–water partition coefficient (Wildman–Crippen LogP) is 6.53. The molecule has 0 heterocycles. The predicted molar refractivity (Wildman–Crippen MR) is 95.1 cm³/mol. The van der Waals surface area contributed by atoms with Gasteiger partial charge in [0.1, 0.15) is 0 Å². The fourth-order valence-electron chi connectivity index (χ4n) is 2.68. The van der Waals surface area contributed by atoms with Gasteiger partial charge >= 0.3 is 0 Å². The van der Waals surface area contributed by atoms with Gasteiger partial charge in [0, 0.05) is 4.90 Å². The maximum absolute atomic E-state index is 2.30. The van der Waals surface area contributed by atoms with Crippen LogP contribution in [0.4, 0.5) is 0 Å². The summed E-state index contributed by atoms with van der Waals surface area (Å²) in [5.74, 6) is 1.92. The largest absolute Gasteiger partial charge is 0.126 e. The van der Waals surface area contributed by atoms with E-state index in [9.17, 15) is 0 Å². The van der Waals surface area contributed by atoms with E-state index in [2.05, 4.69) is 67.6 Å². The van der Waals surface area contributed by atoms with E-state index in [0.29, 0.717) is 5.92 Å². The number of unbranched alkanes of at least 4 members (excludes halogenated alkanes) is 2. The minimum atomic E-state index is 0.717. The van der Waals surface area contributed by atoms with Crippen molar-refractivity contribution < 1.29 is 0 Å². The lowest BCUT2D eigenvalue weighted by Gasteiger charge is -2.17. The first-order valence-electron chi connectivity index (χ1n) is 8.13. The Balaban J connectivity index is 1.86. The number of hydrogen-bond acceptors (Lipinski definition) is 1. The molecule has 0 saturated heterocycles. The smallest absolute Gasteiger partial charge is 0.00719 e. The molecule has 0 radical (unpaired) electrons. The van der Waals surface area contributed by atoms with Gasteiger partial charge in [-0.3, -0.25) is 0 Å². The van der Waals surface area contributed by atoms with Crippen molar-refractivity contribution in [2.75, 3.05) is 5.75 Å². The molecule has 0 amide bonds. The fourth-order valence-corrected chi connectivity index (χ4v) is 3.67. The number of hydrogen-bond donors (Lipinski definition) is 0. The minimum absolute atomic E-state index is 0.717. The highest BCUT2D eigenvalue weighted by atomic mass is 32.2. The molecule has 0 N–H and O–H groups in total. The average Bonchev–Trinajstić information content (AvgIpc) is 2.55. The van der Waals surface area contributed by atoms with Gasteiger partial charge in [0.2, 0.25) is 0 Å². The second-order valence-corrected chi connectivity index (χ2v) is 6.72. The van der Waals surface area contributed by atoms with E-state index in [-0.39, 0.29) is 0 Å². The monoisotopic (exact) mass is 298 g/mol. The molecule has 0 fully saturated rings. The molecule has 2 aromatic carbocycles. The van der Waals surface area contributed by atoms with Crippen molar-refractivity contribution in [3.05, 3.63) is 66.2 Å². The van der Waals surface area contributed by atoms with Gasteiger partial charge in [-0.2, -0.15) is 0 Å². The number of thioether (sulfide) groups is 1. The molecule has 1 heteroatoms. The molecule has 0 aliphatic rings. The summed E-state index contributed by atoms with van der Waals surface area (Å²) >= 11 is 1.98. The zero-order valence-electron chi connectivity index (χ0n) is 13.0. The summed E-state index contributed by atoms with van der Waals surface area (Å²) in [7, 11) is 0. The van der Waals surface area contributed by atoms with Crippen molar-refractivity contribution in [1.82, 2.24) is 0 Å². The van der Waals surface area contributed by atoms with Crippen LogP contribution in [-0.2, 0) is 0 Å². The maximum atomic E-state index is 2.30. The van der Waals surface area contributed by atoms with E-state index in [0.717, 1.165) is 0 Å². The Labute approximate surface area is 134 Å². The Morgan fingerprint density at radius 2 is 1.48 bits per heavy atom. The van der Waals surface area contributed by atoms with Crippen molar-refractivity contribution in [1.29, 1.82) is 0 Å². The Kier molecular flexibility index (Phi) is 7.45. The Bertz CT molecular complexity index is 478. The Morgan fingerprint density at radius 1 is 0.810 bits per heavy atom. The van der Waals surface area contributed by atoms with E-state index in [1.165, 1.54) is 48.3 Å². The van der Waals surface area contributed by atoms with Crippen LogP contribution in [0.1, 0.15) is 50.5 Å². The molecule has 0 aliphatic heterocycles. The molecule has 1 atom stereocenters. The Hall–Kier alpha value is -1.21. The van der Waals surface area contributed by atoms with Gasteiger partial charge in [-0.25, -0.2) is 0 Å². The van der Waals surface area contributed by atoms with Gasteiger partial charge < -0.3 is 0 Å². The minimum Gasteiger partial charge on any atom is -0.126 e. The molecule has 0 saturated carbocycles. The first-order chi connectivity index (χ1) is 10.4. The highest BCUT2D eigenvalue weighted by Gasteiger charge is 2.11. The van der Waals surface area contributed by atoms with E-state index < -0.39 is 0 Å². The highest BCUT2D eigenvalue weighted by Crippen LogP contribution is 2.29. The summed E-state index contributed by atoms with van der Waals surface area (Å²) in [5.41, 5.74) is 1.52. The van der Waals surface area contributed by atoms with Crippen LogP contribution < -0.4 is 0 Å². The SMILES string of the molecule is CCCCCC(CCSc1ccccc1)c1ccccc1. The summed E-state index contributed by atoms with van der Waals surface area (Å²) in [6, 6.07) is 21.8. The molecule has 21 heavy (non-hydrogen) atoms. The topological polar surface area (TPSA) is 0 Å². The second kappa shape index (κ2) is 9.68. The number of rotatable bonds is 9. The zero-order valence-corrected chi connectivity index (χ0v) is 13.8. The number of benzene rings is 2. The van der Waals surface area contributed by atoms with Crippen LogP contribution in [0.5, 0.6) is 0 Å². The van der Waals surface area contributed by atoms with Crippen molar-refractivity contribution in [2.45, 2.75) is 49.8 Å². The molecule has 0 aromatic heterocycles. The van der Waals surface area contributed by atoms with Crippen LogP contribution >= 0.6 is 11.8 Å². The van der Waals surface area contributed by atoms with E-state index in [1.807, 2.05) is 11.8 Å². The van der Waals surface area contributed by atoms with Crippen LogP contribution in [0.3, 0.4) is 0 Å². The third kappa shape index (κ3) is 5.97. The quantitative estimate of drug-likeness (QED) is 0.374. The molecule has 112 valence electrons. The lowest BCUT2D eigenvalue weighted by molar-refractivity contribution is 0.556. The summed E-state index contributed by atoms with van der Waals surface area (Å²) < 4.78 is 0. The molecule has 0 aliphatic carbocycles. The van der Waals surface area contributed by atoms with E-state index in [4.69, 9.17) is 0 Å². The van der Waals surface area contributed by atoms with Crippen LogP contribution in [0.2, 0.25) is 0 Å². The zero-order chi connectivity index (χ0) is 14.8. The summed E-state index contributed by atoms with van der Waals surface area (Å²) in [5, 5.41) is 0. The average molecular weight is 298 g/mol. The lowest BCUT2D eigenvalue weighted by Crippen LogP contribution is -2.01. The molecule has 0 spiro atoms. The molecule has 0 bridgehead atoms. The fraction of sp³-hybridized carbons (Fsp3) is 0.400. The lowest BCUT2D eigenvalue weighted by atomic mass is 9.91. The maximum Gasteiger partial charge on any atom is 0.00719 e. The third-order valence-corrected chi connectivity index (χ3v) is 4.95. The second-order valence-electron chi connectivity index (χ2n) is 5.55. The third-order valence-electron chi connectivity index (χ3n) is 3.91. The summed E-state index contributed by atoms with van der Waals surface area (Å²) in [4.78, 5) is 1.39.